The van der Waals surface area contributed by atoms with E-state index in [-0.39, 0.29) is 18.2 Å². The highest BCUT2D eigenvalue weighted by Gasteiger charge is 2.30. The second-order valence-corrected chi connectivity index (χ2v) is 13.1. The molecule has 1 atom stereocenters. The van der Waals surface area contributed by atoms with Gasteiger partial charge in [0.15, 0.2) is 0 Å². The number of carboxylic acids is 1. The van der Waals surface area contributed by atoms with E-state index in [4.69, 9.17) is 21.3 Å². The molecule has 4 aromatic carbocycles. The summed E-state index contributed by atoms with van der Waals surface area (Å²) in [5.74, 6) is -0.168. The van der Waals surface area contributed by atoms with Crippen molar-refractivity contribution in [3.8, 4) is 16.9 Å². The molecule has 50 heavy (non-hydrogen) atoms. The van der Waals surface area contributed by atoms with Gasteiger partial charge >= 0.3 is 12.1 Å². The second kappa shape index (κ2) is 15.5. The van der Waals surface area contributed by atoms with Gasteiger partial charge in [0.2, 0.25) is 0 Å². The van der Waals surface area contributed by atoms with Crippen molar-refractivity contribution < 1.29 is 27.8 Å². The molecule has 1 unspecified atom stereocenters. The topological polar surface area (TPSA) is 62.7 Å². The minimum Gasteiger partial charge on any atom is -0.489 e. The van der Waals surface area contributed by atoms with Gasteiger partial charge in [-0.2, -0.15) is 13.2 Å². The molecule has 0 aliphatic heterocycles. The number of hydrogen-bond acceptors (Lipinski definition) is 4. The predicted molar refractivity (Wildman–Crippen MR) is 190 cm³/mol. The minimum absolute atomic E-state index is 0.222. The van der Waals surface area contributed by atoms with E-state index in [1.807, 2.05) is 49.4 Å². The fraction of sp³-hybridized carbons (Fsp3) is 0.268. The van der Waals surface area contributed by atoms with E-state index in [0.29, 0.717) is 10.6 Å². The standard InChI is InChI=1S/C41H38ClF3N2O3/c1-27-9-20-35-37(46-27)6-4-7-38(35)47(23-21-28-10-12-31(13-11-28)40(48)49)24-22-30-5-2-3-8-39(30)50-26-33-15-14-32(25-36(33)42)29-16-18-34(19-17-29)41(43,44)45/h2-3,5,8-20,25,38H,4,6-7,21-24,26H2,1H3,(H,48,49). The smallest absolute Gasteiger partial charge is 0.416 e. The van der Waals surface area contributed by atoms with Crippen molar-refractivity contribution >= 4 is 17.6 Å². The van der Waals surface area contributed by atoms with E-state index in [9.17, 15) is 23.1 Å². The first-order valence-corrected chi connectivity index (χ1v) is 17.1. The number of benzene rings is 4. The van der Waals surface area contributed by atoms with Crippen LogP contribution in [0.25, 0.3) is 11.1 Å². The van der Waals surface area contributed by atoms with Gasteiger partial charge in [-0.1, -0.05) is 72.3 Å². The lowest BCUT2D eigenvalue weighted by Crippen LogP contribution is -2.35. The molecular weight excluding hydrogens is 661 g/mol. The number of carbonyl (C=O) groups is 1. The molecule has 1 aliphatic rings. The van der Waals surface area contributed by atoms with Crippen LogP contribution in [0.5, 0.6) is 5.75 Å². The fourth-order valence-electron chi connectivity index (χ4n) is 6.60. The van der Waals surface area contributed by atoms with E-state index in [1.54, 1.807) is 18.2 Å². The number of alkyl halides is 3. The molecule has 6 rings (SSSR count). The SMILES string of the molecule is Cc1ccc2c(n1)CCCC2N(CCc1ccc(C(=O)O)cc1)CCc1ccccc1OCc1ccc(-c2ccc(C(F)(F)F)cc2)cc1Cl. The van der Waals surface area contributed by atoms with E-state index >= 15 is 0 Å². The Kier molecular flexibility index (Phi) is 10.9. The van der Waals surface area contributed by atoms with Crippen molar-refractivity contribution in [2.45, 2.75) is 57.9 Å². The van der Waals surface area contributed by atoms with Gasteiger partial charge in [0.25, 0.3) is 0 Å². The molecule has 0 amide bonds. The van der Waals surface area contributed by atoms with Crippen molar-refractivity contribution in [2.24, 2.45) is 0 Å². The number of aromatic nitrogens is 1. The van der Waals surface area contributed by atoms with Crippen LogP contribution >= 0.6 is 11.6 Å². The lowest BCUT2D eigenvalue weighted by atomic mass is 9.89. The Morgan fingerprint density at radius 2 is 1.62 bits per heavy atom. The van der Waals surface area contributed by atoms with Gasteiger partial charge in [-0.3, -0.25) is 9.88 Å². The van der Waals surface area contributed by atoms with Crippen LogP contribution in [0.1, 0.15) is 68.4 Å². The summed E-state index contributed by atoms with van der Waals surface area (Å²) in [5.41, 5.74) is 7.35. The third-order valence-corrected chi connectivity index (χ3v) is 9.70. The highest BCUT2D eigenvalue weighted by molar-refractivity contribution is 6.31. The summed E-state index contributed by atoms with van der Waals surface area (Å²) >= 11 is 6.64. The molecule has 0 bridgehead atoms. The number of carboxylic acid groups (broad SMARTS) is 1. The molecule has 1 N–H and O–H groups in total. The first kappa shape index (κ1) is 35.2. The quantitative estimate of drug-likeness (QED) is 0.141. The van der Waals surface area contributed by atoms with Crippen LogP contribution in [0, 0.1) is 6.92 Å². The molecule has 5 nitrogen and oxygen atoms in total. The molecule has 0 fully saturated rings. The number of halogens is 4. The maximum Gasteiger partial charge on any atom is 0.416 e. The van der Waals surface area contributed by atoms with Gasteiger partial charge in [-0.05, 0) is 109 Å². The molecule has 5 aromatic rings. The van der Waals surface area contributed by atoms with E-state index in [1.165, 1.54) is 23.4 Å². The summed E-state index contributed by atoms with van der Waals surface area (Å²) in [7, 11) is 0. The third-order valence-electron chi connectivity index (χ3n) is 9.35. The number of pyridine rings is 1. The van der Waals surface area contributed by atoms with Gasteiger partial charge in [-0.25, -0.2) is 4.79 Å². The van der Waals surface area contributed by atoms with Gasteiger partial charge < -0.3 is 9.84 Å². The summed E-state index contributed by atoms with van der Waals surface area (Å²) in [6, 6.07) is 30.1. The predicted octanol–water partition coefficient (Wildman–Crippen LogP) is 10.2. The zero-order chi connectivity index (χ0) is 35.3. The van der Waals surface area contributed by atoms with Crippen molar-refractivity contribution in [1.82, 2.24) is 9.88 Å². The molecule has 258 valence electrons. The van der Waals surface area contributed by atoms with E-state index in [0.717, 1.165) is 91.0 Å². The van der Waals surface area contributed by atoms with E-state index in [2.05, 4.69) is 23.1 Å². The molecule has 9 heteroatoms. The van der Waals surface area contributed by atoms with Crippen molar-refractivity contribution in [3.05, 3.63) is 153 Å². The molecule has 0 saturated carbocycles. The van der Waals surface area contributed by atoms with Gasteiger partial charge in [0.05, 0.1) is 11.1 Å². The van der Waals surface area contributed by atoms with Crippen molar-refractivity contribution in [3.63, 3.8) is 0 Å². The highest BCUT2D eigenvalue weighted by atomic mass is 35.5. The number of aromatic carboxylic acids is 1. The average Bonchev–Trinajstić information content (AvgIpc) is 3.11. The number of fused-ring (bicyclic) bond motifs is 1. The van der Waals surface area contributed by atoms with Crippen LogP contribution in [0.3, 0.4) is 0 Å². The van der Waals surface area contributed by atoms with Crippen LogP contribution in [0.4, 0.5) is 13.2 Å². The lowest BCUT2D eigenvalue weighted by Gasteiger charge is -2.36. The number of ether oxygens (including phenoxy) is 1. The molecule has 1 heterocycles. The number of aryl methyl sites for hydroxylation is 2. The Morgan fingerprint density at radius 3 is 2.34 bits per heavy atom. The average molecular weight is 699 g/mol. The minimum atomic E-state index is -4.39. The first-order chi connectivity index (χ1) is 24.0. The fourth-order valence-corrected chi connectivity index (χ4v) is 6.83. The Balaban J connectivity index is 1.16. The summed E-state index contributed by atoms with van der Waals surface area (Å²) in [6.45, 7) is 3.85. The molecule has 1 aromatic heterocycles. The Bertz CT molecular complexity index is 1950. The largest absolute Gasteiger partial charge is 0.489 e. The summed E-state index contributed by atoms with van der Waals surface area (Å²) in [6.07, 6.45) is 0.221. The molecule has 0 radical (unpaired) electrons. The first-order valence-electron chi connectivity index (χ1n) is 16.7. The third kappa shape index (κ3) is 8.55. The number of nitrogens with zero attached hydrogens (tertiary/aromatic N) is 2. The summed E-state index contributed by atoms with van der Waals surface area (Å²) in [5, 5.41) is 9.79. The van der Waals surface area contributed by atoms with Crippen LogP contribution in [-0.4, -0.2) is 34.0 Å². The maximum absolute atomic E-state index is 13.0. The number of rotatable bonds is 12. The molecule has 0 spiro atoms. The zero-order valence-electron chi connectivity index (χ0n) is 27.7. The van der Waals surface area contributed by atoms with Crippen LogP contribution in [0.2, 0.25) is 5.02 Å². The van der Waals surface area contributed by atoms with Gasteiger partial charge in [0.1, 0.15) is 12.4 Å². The lowest BCUT2D eigenvalue weighted by molar-refractivity contribution is -0.137. The number of para-hydroxylation sites is 1. The Labute approximate surface area is 295 Å². The Morgan fingerprint density at radius 1 is 0.900 bits per heavy atom. The monoisotopic (exact) mass is 698 g/mol. The van der Waals surface area contributed by atoms with Crippen molar-refractivity contribution in [1.29, 1.82) is 0 Å². The molecular formula is C41H38ClF3N2O3. The van der Waals surface area contributed by atoms with Crippen LogP contribution in [0.15, 0.2) is 103 Å². The van der Waals surface area contributed by atoms with Gasteiger partial charge in [-0.15, -0.1) is 0 Å². The van der Waals surface area contributed by atoms with E-state index < -0.39 is 17.7 Å². The van der Waals surface area contributed by atoms with Crippen LogP contribution in [-0.2, 0) is 32.0 Å². The maximum atomic E-state index is 13.0. The summed E-state index contributed by atoms with van der Waals surface area (Å²) in [4.78, 5) is 18.7. The highest BCUT2D eigenvalue weighted by Crippen LogP contribution is 2.35. The van der Waals surface area contributed by atoms with Crippen molar-refractivity contribution in [2.75, 3.05) is 13.1 Å². The summed E-state index contributed by atoms with van der Waals surface area (Å²) < 4.78 is 45.3. The molecule has 1 aliphatic carbocycles. The molecule has 0 saturated heterocycles. The second-order valence-electron chi connectivity index (χ2n) is 12.7. The van der Waals surface area contributed by atoms with Gasteiger partial charge in [0, 0.05) is 41.1 Å². The zero-order valence-corrected chi connectivity index (χ0v) is 28.5. The van der Waals surface area contributed by atoms with Crippen LogP contribution < -0.4 is 4.74 Å². The normalized spacial score (nSPS) is 14.4. The Hall–Kier alpha value is -4.66. The number of hydrogen-bond donors (Lipinski definition) is 1.